The molecule has 1 aliphatic rings. The smallest absolute Gasteiger partial charge is 0.267 e. The third-order valence-electron chi connectivity index (χ3n) is 2.47. The standard InChI is InChI=1S/C10H13N3O/c11-10(14)9-4-3-8(7-12-9)13-5-1-2-6-13/h3-4,7H,1-2,5-6H2,(H2,11,14). The Morgan fingerprint density at radius 3 is 2.57 bits per heavy atom. The Bertz CT molecular complexity index is 328. The van der Waals surface area contributed by atoms with Gasteiger partial charge in [-0.25, -0.2) is 4.98 Å². The minimum Gasteiger partial charge on any atom is -0.370 e. The average molecular weight is 191 g/mol. The molecule has 0 spiro atoms. The van der Waals surface area contributed by atoms with Crippen molar-refractivity contribution in [3.8, 4) is 0 Å². The quantitative estimate of drug-likeness (QED) is 0.751. The summed E-state index contributed by atoms with van der Waals surface area (Å²) in [5, 5.41) is 0. The Balaban J connectivity index is 2.16. The van der Waals surface area contributed by atoms with E-state index in [-0.39, 0.29) is 0 Å². The molecule has 4 nitrogen and oxygen atoms in total. The lowest BCUT2D eigenvalue weighted by atomic mass is 10.3. The second-order valence-electron chi connectivity index (χ2n) is 3.46. The van der Waals surface area contributed by atoms with Crippen LogP contribution in [-0.4, -0.2) is 24.0 Å². The van der Waals surface area contributed by atoms with Gasteiger partial charge in [-0.15, -0.1) is 0 Å². The van der Waals surface area contributed by atoms with E-state index in [1.165, 1.54) is 12.8 Å². The summed E-state index contributed by atoms with van der Waals surface area (Å²) in [4.78, 5) is 17.0. The van der Waals surface area contributed by atoms with E-state index in [0.29, 0.717) is 5.69 Å². The summed E-state index contributed by atoms with van der Waals surface area (Å²) in [6.45, 7) is 2.16. The van der Waals surface area contributed by atoms with Crippen molar-refractivity contribution in [3.05, 3.63) is 24.0 Å². The first-order valence-corrected chi connectivity index (χ1v) is 4.78. The van der Waals surface area contributed by atoms with Crippen LogP contribution in [0.1, 0.15) is 23.3 Å². The van der Waals surface area contributed by atoms with Crippen molar-refractivity contribution in [2.75, 3.05) is 18.0 Å². The van der Waals surface area contributed by atoms with E-state index in [2.05, 4.69) is 9.88 Å². The molecule has 2 N–H and O–H groups in total. The largest absolute Gasteiger partial charge is 0.370 e. The SMILES string of the molecule is NC(=O)c1ccc(N2CCCC2)cn1. The fourth-order valence-electron chi connectivity index (χ4n) is 1.69. The van der Waals surface area contributed by atoms with Gasteiger partial charge in [0.2, 0.25) is 0 Å². The predicted octanol–water partition coefficient (Wildman–Crippen LogP) is 0.781. The summed E-state index contributed by atoms with van der Waals surface area (Å²) in [7, 11) is 0. The van der Waals surface area contributed by atoms with Gasteiger partial charge in [-0.05, 0) is 25.0 Å². The van der Waals surface area contributed by atoms with Gasteiger partial charge in [0, 0.05) is 13.1 Å². The summed E-state index contributed by atoms with van der Waals surface area (Å²) in [5.41, 5.74) is 6.51. The topological polar surface area (TPSA) is 59.2 Å². The highest BCUT2D eigenvalue weighted by Crippen LogP contribution is 2.18. The van der Waals surface area contributed by atoms with Gasteiger partial charge < -0.3 is 10.6 Å². The lowest BCUT2D eigenvalue weighted by Crippen LogP contribution is -2.19. The molecule has 2 heterocycles. The first kappa shape index (κ1) is 8.99. The van der Waals surface area contributed by atoms with Crippen LogP contribution >= 0.6 is 0 Å². The maximum Gasteiger partial charge on any atom is 0.267 e. The molecule has 1 aliphatic heterocycles. The molecule has 1 aromatic rings. The zero-order valence-corrected chi connectivity index (χ0v) is 7.94. The van der Waals surface area contributed by atoms with Crippen LogP contribution in [0.25, 0.3) is 0 Å². The van der Waals surface area contributed by atoms with Gasteiger partial charge in [0.1, 0.15) is 5.69 Å². The molecular weight excluding hydrogens is 178 g/mol. The second kappa shape index (κ2) is 3.65. The summed E-state index contributed by atoms with van der Waals surface area (Å²) >= 11 is 0. The number of primary amides is 1. The molecule has 0 saturated carbocycles. The van der Waals surface area contributed by atoms with Gasteiger partial charge in [-0.3, -0.25) is 4.79 Å². The third kappa shape index (κ3) is 1.69. The Kier molecular flexibility index (Phi) is 2.35. The summed E-state index contributed by atoms with van der Waals surface area (Å²) in [6.07, 6.45) is 4.18. The lowest BCUT2D eigenvalue weighted by molar-refractivity contribution is 0.0995. The molecule has 0 aromatic carbocycles. The van der Waals surface area contributed by atoms with Crippen molar-refractivity contribution in [3.63, 3.8) is 0 Å². The van der Waals surface area contributed by atoms with Crippen LogP contribution in [0.3, 0.4) is 0 Å². The molecule has 0 aliphatic carbocycles. The second-order valence-corrected chi connectivity index (χ2v) is 3.46. The van der Waals surface area contributed by atoms with Crippen molar-refractivity contribution in [2.24, 2.45) is 5.73 Å². The molecule has 2 rings (SSSR count). The fourth-order valence-corrected chi connectivity index (χ4v) is 1.69. The van der Waals surface area contributed by atoms with Gasteiger partial charge in [-0.2, -0.15) is 0 Å². The Hall–Kier alpha value is -1.58. The normalized spacial score (nSPS) is 15.9. The number of pyridine rings is 1. The number of rotatable bonds is 2. The maximum atomic E-state index is 10.8. The zero-order valence-electron chi connectivity index (χ0n) is 7.94. The van der Waals surface area contributed by atoms with Gasteiger partial charge in [0.25, 0.3) is 5.91 Å². The number of nitrogens with two attached hydrogens (primary N) is 1. The summed E-state index contributed by atoms with van der Waals surface area (Å²) < 4.78 is 0. The molecular formula is C10H13N3O. The van der Waals surface area contributed by atoms with Crippen molar-refractivity contribution in [2.45, 2.75) is 12.8 Å². The Morgan fingerprint density at radius 2 is 2.07 bits per heavy atom. The molecule has 1 fully saturated rings. The highest BCUT2D eigenvalue weighted by atomic mass is 16.1. The molecule has 4 heteroatoms. The minimum atomic E-state index is -0.474. The molecule has 1 aromatic heterocycles. The van der Waals surface area contributed by atoms with E-state index in [1.807, 2.05) is 6.07 Å². The molecule has 0 bridgehead atoms. The van der Waals surface area contributed by atoms with Crippen molar-refractivity contribution in [1.82, 2.24) is 4.98 Å². The van der Waals surface area contributed by atoms with Crippen LogP contribution in [0, 0.1) is 0 Å². The number of amides is 1. The van der Waals surface area contributed by atoms with Crippen LogP contribution < -0.4 is 10.6 Å². The van der Waals surface area contributed by atoms with E-state index in [9.17, 15) is 4.79 Å². The summed E-state index contributed by atoms with van der Waals surface area (Å²) in [6, 6.07) is 3.58. The molecule has 14 heavy (non-hydrogen) atoms. The van der Waals surface area contributed by atoms with Gasteiger partial charge in [-0.1, -0.05) is 0 Å². The molecule has 1 amide bonds. The number of carbonyl (C=O) groups is 1. The highest BCUT2D eigenvalue weighted by Gasteiger charge is 2.12. The monoisotopic (exact) mass is 191 g/mol. The van der Waals surface area contributed by atoms with Crippen LogP contribution in [0.5, 0.6) is 0 Å². The van der Waals surface area contributed by atoms with Crippen LogP contribution in [-0.2, 0) is 0 Å². The van der Waals surface area contributed by atoms with Gasteiger partial charge in [0.05, 0.1) is 11.9 Å². The number of hydrogen-bond donors (Lipinski definition) is 1. The van der Waals surface area contributed by atoms with Crippen molar-refractivity contribution < 1.29 is 4.79 Å². The van der Waals surface area contributed by atoms with Crippen molar-refractivity contribution >= 4 is 11.6 Å². The first-order valence-electron chi connectivity index (χ1n) is 4.78. The molecule has 0 atom stereocenters. The Labute approximate surface area is 82.7 Å². The van der Waals surface area contributed by atoms with E-state index >= 15 is 0 Å². The summed E-state index contributed by atoms with van der Waals surface area (Å²) in [5.74, 6) is -0.474. The fraction of sp³-hybridized carbons (Fsp3) is 0.400. The Morgan fingerprint density at radius 1 is 1.36 bits per heavy atom. The van der Waals surface area contributed by atoms with Crippen LogP contribution in [0.2, 0.25) is 0 Å². The number of nitrogens with zero attached hydrogens (tertiary/aromatic N) is 2. The third-order valence-corrected chi connectivity index (χ3v) is 2.47. The van der Waals surface area contributed by atoms with E-state index < -0.39 is 5.91 Å². The van der Waals surface area contributed by atoms with E-state index in [0.717, 1.165) is 18.8 Å². The van der Waals surface area contributed by atoms with E-state index in [1.54, 1.807) is 12.3 Å². The van der Waals surface area contributed by atoms with Crippen LogP contribution in [0.15, 0.2) is 18.3 Å². The van der Waals surface area contributed by atoms with Gasteiger partial charge >= 0.3 is 0 Å². The molecule has 0 radical (unpaired) electrons. The van der Waals surface area contributed by atoms with Gasteiger partial charge in [0.15, 0.2) is 0 Å². The molecule has 74 valence electrons. The number of aromatic nitrogens is 1. The van der Waals surface area contributed by atoms with E-state index in [4.69, 9.17) is 5.73 Å². The number of hydrogen-bond acceptors (Lipinski definition) is 3. The average Bonchev–Trinajstić information content (AvgIpc) is 2.71. The lowest BCUT2D eigenvalue weighted by Gasteiger charge is -2.16. The first-order chi connectivity index (χ1) is 6.77. The molecule has 1 saturated heterocycles. The van der Waals surface area contributed by atoms with Crippen LogP contribution in [0.4, 0.5) is 5.69 Å². The minimum absolute atomic E-state index is 0.327. The number of carbonyl (C=O) groups excluding carboxylic acids is 1. The zero-order chi connectivity index (χ0) is 9.97. The van der Waals surface area contributed by atoms with Crippen molar-refractivity contribution in [1.29, 1.82) is 0 Å². The maximum absolute atomic E-state index is 10.8. The highest BCUT2D eigenvalue weighted by molar-refractivity contribution is 5.90. The predicted molar refractivity (Wildman–Crippen MR) is 54.2 cm³/mol. The number of anilines is 1. The molecule has 0 unspecified atom stereocenters.